The zero-order chi connectivity index (χ0) is 20.7. The topological polar surface area (TPSA) is 87.7 Å². The largest absolute Gasteiger partial charge is 0.480 e. The Balaban J connectivity index is 2.22. The van der Waals surface area contributed by atoms with Crippen LogP contribution in [0.2, 0.25) is 0 Å². The molecule has 0 fully saturated rings. The smallest absolute Gasteiger partial charge is 0.421 e. The molecule has 1 aromatic rings. The summed E-state index contributed by atoms with van der Waals surface area (Å²) in [4.78, 5) is 23.4. The van der Waals surface area contributed by atoms with Gasteiger partial charge in [-0.05, 0) is 18.9 Å². The molecule has 0 aliphatic heterocycles. The first-order chi connectivity index (χ1) is 13.5. The van der Waals surface area contributed by atoms with Gasteiger partial charge in [-0.3, -0.25) is 10.2 Å². The van der Waals surface area contributed by atoms with Crippen molar-refractivity contribution in [2.24, 2.45) is 0 Å². The van der Waals surface area contributed by atoms with Gasteiger partial charge in [-0.25, -0.2) is 10.2 Å². The van der Waals surface area contributed by atoms with Gasteiger partial charge in [0.1, 0.15) is 12.1 Å². The number of rotatable bonds is 15. The average molecular weight is 393 g/mol. The Hall–Kier alpha value is -2.08. The van der Waals surface area contributed by atoms with E-state index >= 15 is 0 Å². The van der Waals surface area contributed by atoms with Gasteiger partial charge in [0.25, 0.3) is 0 Å². The predicted octanol–water partition coefficient (Wildman–Crippen LogP) is 5.18. The van der Waals surface area contributed by atoms with Crippen LogP contribution in [-0.2, 0) is 16.1 Å². The lowest BCUT2D eigenvalue weighted by Gasteiger charge is -2.26. The van der Waals surface area contributed by atoms with Crippen molar-refractivity contribution >= 4 is 12.1 Å². The van der Waals surface area contributed by atoms with Crippen molar-refractivity contribution in [3.8, 4) is 0 Å². The summed E-state index contributed by atoms with van der Waals surface area (Å²) in [5.41, 5.74) is 4.65. The maximum absolute atomic E-state index is 11.8. The lowest BCUT2D eigenvalue weighted by Crippen LogP contribution is -2.57. The van der Waals surface area contributed by atoms with E-state index < -0.39 is 17.6 Å². The molecule has 1 rings (SSSR count). The molecule has 0 saturated carbocycles. The highest BCUT2D eigenvalue weighted by Gasteiger charge is 2.33. The molecule has 158 valence electrons. The highest BCUT2D eigenvalue weighted by Crippen LogP contribution is 2.17. The van der Waals surface area contributed by atoms with E-state index in [1.807, 2.05) is 30.3 Å². The molecule has 0 aliphatic carbocycles. The molecule has 6 heteroatoms. The quantitative estimate of drug-likeness (QED) is 0.283. The summed E-state index contributed by atoms with van der Waals surface area (Å²) in [6, 6.07) is 9.32. The summed E-state index contributed by atoms with van der Waals surface area (Å²) in [5.74, 6) is -0.990. The summed E-state index contributed by atoms with van der Waals surface area (Å²) in [6.07, 6.45) is 10.3. The van der Waals surface area contributed by atoms with E-state index in [0.29, 0.717) is 6.42 Å². The van der Waals surface area contributed by atoms with Crippen molar-refractivity contribution in [3.63, 3.8) is 0 Å². The Kier molecular flexibility index (Phi) is 12.0. The Morgan fingerprint density at radius 3 is 2.11 bits per heavy atom. The summed E-state index contributed by atoms with van der Waals surface area (Å²) in [6.45, 7) is 3.93. The van der Waals surface area contributed by atoms with Crippen molar-refractivity contribution in [2.45, 2.75) is 90.2 Å². The third-order valence-electron chi connectivity index (χ3n) is 4.91. The Bertz CT molecular complexity index is 565. The number of carboxylic acid groups (broad SMARTS) is 1. The number of hydrogen-bond donors (Lipinski definition) is 3. The highest BCUT2D eigenvalue weighted by atomic mass is 16.6. The van der Waals surface area contributed by atoms with Gasteiger partial charge in [0.2, 0.25) is 0 Å². The van der Waals surface area contributed by atoms with Gasteiger partial charge >= 0.3 is 12.1 Å². The van der Waals surface area contributed by atoms with E-state index in [2.05, 4.69) is 17.8 Å². The molecule has 1 amide bonds. The van der Waals surface area contributed by atoms with Crippen molar-refractivity contribution in [3.05, 3.63) is 35.9 Å². The molecule has 0 heterocycles. The number of carbonyl (C=O) groups is 2. The molecule has 6 nitrogen and oxygen atoms in total. The minimum absolute atomic E-state index is 0.135. The molecular weight excluding hydrogens is 356 g/mol. The lowest BCUT2D eigenvalue weighted by atomic mass is 9.94. The minimum Gasteiger partial charge on any atom is -0.480 e. The monoisotopic (exact) mass is 392 g/mol. The van der Waals surface area contributed by atoms with Crippen molar-refractivity contribution in [1.29, 1.82) is 0 Å². The van der Waals surface area contributed by atoms with Crippen LogP contribution in [0.1, 0.15) is 83.6 Å². The normalized spacial score (nSPS) is 12.9. The first-order valence-electron chi connectivity index (χ1n) is 10.4. The van der Waals surface area contributed by atoms with Crippen LogP contribution in [-0.4, -0.2) is 22.7 Å². The molecule has 1 atom stereocenters. The second-order valence-corrected chi connectivity index (χ2v) is 7.53. The number of carbonyl (C=O) groups excluding carboxylic acids is 1. The van der Waals surface area contributed by atoms with Gasteiger partial charge in [0.15, 0.2) is 0 Å². The number of hydrazine groups is 1. The van der Waals surface area contributed by atoms with E-state index in [0.717, 1.165) is 24.8 Å². The van der Waals surface area contributed by atoms with E-state index in [1.54, 1.807) is 6.92 Å². The molecule has 0 radical (unpaired) electrons. The third kappa shape index (κ3) is 10.3. The summed E-state index contributed by atoms with van der Waals surface area (Å²) in [5, 5.41) is 9.52. The number of carboxylic acids is 1. The molecule has 0 bridgehead atoms. The van der Waals surface area contributed by atoms with Crippen LogP contribution in [0.3, 0.4) is 0 Å². The van der Waals surface area contributed by atoms with Crippen LogP contribution in [0, 0.1) is 0 Å². The van der Waals surface area contributed by atoms with Gasteiger partial charge in [-0.1, -0.05) is 95.0 Å². The molecule has 0 aromatic heterocycles. The van der Waals surface area contributed by atoms with Crippen LogP contribution in [0.5, 0.6) is 0 Å². The molecule has 28 heavy (non-hydrogen) atoms. The fraction of sp³-hybridized carbons (Fsp3) is 0.636. The number of benzene rings is 1. The van der Waals surface area contributed by atoms with Gasteiger partial charge in [0.05, 0.1) is 0 Å². The van der Waals surface area contributed by atoms with Gasteiger partial charge in [-0.2, -0.15) is 0 Å². The molecule has 1 unspecified atom stereocenters. The fourth-order valence-electron chi connectivity index (χ4n) is 2.96. The second-order valence-electron chi connectivity index (χ2n) is 7.53. The van der Waals surface area contributed by atoms with Crippen LogP contribution in [0.4, 0.5) is 4.79 Å². The fourth-order valence-corrected chi connectivity index (χ4v) is 2.96. The molecule has 3 N–H and O–H groups in total. The maximum atomic E-state index is 11.8. The van der Waals surface area contributed by atoms with Gasteiger partial charge in [0, 0.05) is 0 Å². The second kappa shape index (κ2) is 14.0. The molecule has 0 aliphatic rings. The number of hydrogen-bond acceptors (Lipinski definition) is 4. The highest BCUT2D eigenvalue weighted by molar-refractivity contribution is 5.78. The number of aliphatic carboxylic acids is 1. The first kappa shape index (κ1) is 24.0. The van der Waals surface area contributed by atoms with Crippen LogP contribution in [0.25, 0.3) is 0 Å². The summed E-state index contributed by atoms with van der Waals surface area (Å²) >= 11 is 0. The van der Waals surface area contributed by atoms with Crippen LogP contribution >= 0.6 is 0 Å². The van der Waals surface area contributed by atoms with E-state index in [4.69, 9.17) is 4.74 Å². The number of amides is 1. The Morgan fingerprint density at radius 1 is 0.964 bits per heavy atom. The molecule has 0 spiro atoms. The minimum atomic E-state index is -1.22. The summed E-state index contributed by atoms with van der Waals surface area (Å²) in [7, 11) is 0. The number of ether oxygens (including phenoxy) is 1. The maximum Gasteiger partial charge on any atom is 0.421 e. The standard InChI is InChI=1S/C22H36N2O4/c1-3-4-5-6-7-8-9-10-14-17-22(2,20(25)26)24-23-21(27)28-18-19-15-12-11-13-16-19/h11-13,15-16,24H,3-10,14,17-18H2,1-2H3,(H,23,27)(H,25,26). The molecule has 1 aromatic carbocycles. The summed E-state index contributed by atoms with van der Waals surface area (Å²) < 4.78 is 5.10. The zero-order valence-electron chi connectivity index (χ0n) is 17.3. The Labute approximate surface area is 169 Å². The lowest BCUT2D eigenvalue weighted by molar-refractivity contribution is -0.144. The van der Waals surface area contributed by atoms with Gasteiger partial charge < -0.3 is 9.84 Å². The predicted molar refractivity (Wildman–Crippen MR) is 111 cm³/mol. The van der Waals surface area contributed by atoms with E-state index in [9.17, 15) is 14.7 Å². The molecule has 0 saturated heterocycles. The van der Waals surface area contributed by atoms with Crippen molar-refractivity contribution in [2.75, 3.05) is 0 Å². The first-order valence-corrected chi connectivity index (χ1v) is 10.4. The Morgan fingerprint density at radius 2 is 1.54 bits per heavy atom. The number of unbranched alkanes of at least 4 members (excludes halogenated alkanes) is 8. The van der Waals surface area contributed by atoms with E-state index in [1.165, 1.54) is 38.5 Å². The van der Waals surface area contributed by atoms with Gasteiger partial charge in [-0.15, -0.1) is 0 Å². The molecular formula is C22H36N2O4. The number of nitrogens with one attached hydrogen (secondary N) is 2. The van der Waals surface area contributed by atoms with Crippen LogP contribution < -0.4 is 10.9 Å². The van der Waals surface area contributed by atoms with Crippen LogP contribution in [0.15, 0.2) is 30.3 Å². The average Bonchev–Trinajstić information content (AvgIpc) is 2.70. The SMILES string of the molecule is CCCCCCCCCCCC(C)(NNC(=O)OCc1ccccc1)C(=O)O. The zero-order valence-corrected chi connectivity index (χ0v) is 17.3. The third-order valence-corrected chi connectivity index (χ3v) is 4.91. The van der Waals surface area contributed by atoms with Crippen molar-refractivity contribution < 1.29 is 19.4 Å². The van der Waals surface area contributed by atoms with Crippen molar-refractivity contribution in [1.82, 2.24) is 10.9 Å². The van der Waals surface area contributed by atoms with E-state index in [-0.39, 0.29) is 6.61 Å².